The first-order valence-corrected chi connectivity index (χ1v) is 11.0. The highest BCUT2D eigenvalue weighted by atomic mass is 14.9. The fraction of sp³-hybridized carbons (Fsp3) is 0.333. The first kappa shape index (κ1) is 21.8. The molecule has 0 atom stereocenters. The second-order valence-corrected chi connectivity index (χ2v) is 8.26. The minimum absolute atomic E-state index is 0.432. The van der Waals surface area contributed by atoms with Crippen LogP contribution in [0.25, 0.3) is 0 Å². The van der Waals surface area contributed by atoms with E-state index >= 15 is 0 Å². The zero-order valence-corrected chi connectivity index (χ0v) is 18.8. The Hall–Kier alpha value is -2.94. The summed E-state index contributed by atoms with van der Waals surface area (Å²) >= 11 is 0. The van der Waals surface area contributed by atoms with Crippen molar-refractivity contribution in [3.8, 4) is 0 Å². The number of aromatic amines is 1. The average molecular weight is 400 g/mol. The largest absolute Gasteiger partial charge is 0.344 e. The SMILES string of the molecule is CCc1[nH]c(=Nc2c(C(C)C)cccc2C(C)C)ccc1CC=Nc1ccccc1. The molecule has 0 saturated carbocycles. The van der Waals surface area contributed by atoms with Crippen LogP contribution in [0.5, 0.6) is 0 Å². The summed E-state index contributed by atoms with van der Waals surface area (Å²) in [4.78, 5) is 13.2. The van der Waals surface area contributed by atoms with Crippen molar-refractivity contribution < 1.29 is 0 Å². The molecule has 3 rings (SSSR count). The summed E-state index contributed by atoms with van der Waals surface area (Å²) in [5.74, 6) is 0.864. The summed E-state index contributed by atoms with van der Waals surface area (Å²) in [5, 5.41) is 0. The molecule has 0 aliphatic carbocycles. The third-order valence-corrected chi connectivity index (χ3v) is 5.34. The summed E-state index contributed by atoms with van der Waals surface area (Å²) in [5.41, 5.74) is 8.07. The fourth-order valence-electron chi connectivity index (χ4n) is 3.65. The first-order valence-electron chi connectivity index (χ1n) is 11.0. The van der Waals surface area contributed by atoms with Gasteiger partial charge < -0.3 is 4.98 Å². The summed E-state index contributed by atoms with van der Waals surface area (Å²) in [6.07, 6.45) is 3.72. The molecule has 1 aromatic heterocycles. The molecular weight excluding hydrogens is 366 g/mol. The Bertz CT molecular complexity index is 1030. The fourth-order valence-corrected chi connectivity index (χ4v) is 3.65. The third-order valence-electron chi connectivity index (χ3n) is 5.34. The van der Waals surface area contributed by atoms with Crippen molar-refractivity contribution in [2.24, 2.45) is 9.98 Å². The first-order chi connectivity index (χ1) is 14.5. The van der Waals surface area contributed by atoms with Crippen molar-refractivity contribution in [3.05, 3.63) is 88.5 Å². The van der Waals surface area contributed by atoms with Crippen molar-refractivity contribution >= 4 is 17.6 Å². The van der Waals surface area contributed by atoms with Gasteiger partial charge in [-0.15, -0.1) is 0 Å². The summed E-state index contributed by atoms with van der Waals surface area (Å²) in [7, 11) is 0. The molecule has 0 fully saturated rings. The van der Waals surface area contributed by atoms with Crippen molar-refractivity contribution in [3.63, 3.8) is 0 Å². The lowest BCUT2D eigenvalue weighted by Gasteiger charge is -2.16. The van der Waals surface area contributed by atoms with Gasteiger partial charge in [0.2, 0.25) is 0 Å². The molecule has 0 radical (unpaired) electrons. The number of pyridine rings is 1. The van der Waals surface area contributed by atoms with Gasteiger partial charge in [0.15, 0.2) is 0 Å². The van der Waals surface area contributed by atoms with Gasteiger partial charge in [-0.05, 0) is 53.1 Å². The number of benzene rings is 2. The van der Waals surface area contributed by atoms with E-state index in [9.17, 15) is 0 Å². The van der Waals surface area contributed by atoms with Gasteiger partial charge in [-0.2, -0.15) is 0 Å². The van der Waals surface area contributed by atoms with Crippen molar-refractivity contribution in [1.82, 2.24) is 4.98 Å². The zero-order valence-electron chi connectivity index (χ0n) is 18.8. The highest BCUT2D eigenvalue weighted by molar-refractivity contribution is 5.66. The Morgan fingerprint density at radius 3 is 2.10 bits per heavy atom. The van der Waals surface area contributed by atoms with E-state index in [1.807, 2.05) is 36.5 Å². The molecule has 0 aliphatic rings. The monoisotopic (exact) mass is 399 g/mol. The zero-order chi connectivity index (χ0) is 21.5. The smallest absolute Gasteiger partial charge is 0.130 e. The van der Waals surface area contributed by atoms with E-state index < -0.39 is 0 Å². The predicted octanol–water partition coefficient (Wildman–Crippen LogP) is 7.00. The van der Waals surface area contributed by atoms with Crippen LogP contribution in [0.15, 0.2) is 70.6 Å². The van der Waals surface area contributed by atoms with Gasteiger partial charge in [-0.25, -0.2) is 4.99 Å². The molecular formula is C27H33N3. The van der Waals surface area contributed by atoms with E-state index in [1.165, 1.54) is 22.4 Å². The molecule has 30 heavy (non-hydrogen) atoms. The van der Waals surface area contributed by atoms with Gasteiger partial charge in [-0.1, -0.05) is 77.1 Å². The molecule has 3 nitrogen and oxygen atoms in total. The van der Waals surface area contributed by atoms with Crippen molar-refractivity contribution in [2.45, 2.75) is 59.3 Å². The number of nitrogens with one attached hydrogen (secondary N) is 1. The van der Waals surface area contributed by atoms with E-state index in [1.54, 1.807) is 0 Å². The Labute approximate surface area is 180 Å². The Balaban J connectivity index is 1.95. The molecule has 1 heterocycles. The van der Waals surface area contributed by atoms with Crippen LogP contribution in [0.1, 0.15) is 68.8 Å². The van der Waals surface area contributed by atoms with E-state index in [4.69, 9.17) is 4.99 Å². The lowest BCUT2D eigenvalue weighted by Crippen LogP contribution is -2.12. The Kier molecular flexibility index (Phi) is 7.40. The van der Waals surface area contributed by atoms with Gasteiger partial charge in [0.25, 0.3) is 0 Å². The lowest BCUT2D eigenvalue weighted by atomic mass is 9.93. The van der Waals surface area contributed by atoms with Crippen molar-refractivity contribution in [1.29, 1.82) is 0 Å². The molecule has 0 unspecified atom stereocenters. The highest BCUT2D eigenvalue weighted by Crippen LogP contribution is 2.34. The second kappa shape index (κ2) is 10.2. The second-order valence-electron chi connectivity index (χ2n) is 8.26. The van der Waals surface area contributed by atoms with Gasteiger partial charge in [-0.3, -0.25) is 4.99 Å². The standard InChI is InChI=1S/C27H33N3/c1-6-25-21(17-18-28-22-11-8-7-9-12-22)15-16-26(29-25)30-27-23(19(2)3)13-10-14-24(27)20(4)5/h7-16,18-20H,6,17H2,1-5H3,(H,29,30). The van der Waals surface area contributed by atoms with Crippen LogP contribution in [-0.2, 0) is 12.8 Å². The Morgan fingerprint density at radius 2 is 1.50 bits per heavy atom. The minimum atomic E-state index is 0.432. The van der Waals surface area contributed by atoms with Crippen LogP contribution < -0.4 is 5.49 Å². The number of para-hydroxylation sites is 2. The number of aliphatic imine (C=N–C) groups is 1. The van der Waals surface area contributed by atoms with Crippen LogP contribution in [0.3, 0.4) is 0 Å². The molecule has 0 aliphatic heterocycles. The van der Waals surface area contributed by atoms with Crippen LogP contribution in [0.2, 0.25) is 0 Å². The van der Waals surface area contributed by atoms with Crippen LogP contribution in [-0.4, -0.2) is 11.2 Å². The molecule has 0 saturated heterocycles. The average Bonchev–Trinajstić information content (AvgIpc) is 2.75. The number of rotatable bonds is 7. The molecule has 0 bridgehead atoms. The van der Waals surface area contributed by atoms with Crippen LogP contribution in [0.4, 0.5) is 11.4 Å². The van der Waals surface area contributed by atoms with Gasteiger partial charge in [0, 0.05) is 18.3 Å². The topological polar surface area (TPSA) is 40.5 Å². The van der Waals surface area contributed by atoms with Crippen molar-refractivity contribution in [2.75, 3.05) is 0 Å². The van der Waals surface area contributed by atoms with Crippen LogP contribution in [0, 0.1) is 0 Å². The lowest BCUT2D eigenvalue weighted by molar-refractivity contribution is 0.830. The van der Waals surface area contributed by atoms with Gasteiger partial charge >= 0.3 is 0 Å². The summed E-state index contributed by atoms with van der Waals surface area (Å²) < 4.78 is 0. The number of hydrogen-bond donors (Lipinski definition) is 1. The highest BCUT2D eigenvalue weighted by Gasteiger charge is 2.13. The number of aryl methyl sites for hydroxylation is 1. The molecule has 0 spiro atoms. The molecule has 2 aromatic carbocycles. The van der Waals surface area contributed by atoms with Crippen LogP contribution >= 0.6 is 0 Å². The number of H-pyrrole nitrogens is 1. The normalized spacial score (nSPS) is 12.4. The number of hydrogen-bond acceptors (Lipinski definition) is 2. The van der Waals surface area contributed by atoms with E-state index in [2.05, 4.69) is 74.9 Å². The summed E-state index contributed by atoms with van der Waals surface area (Å²) in [6, 6.07) is 20.9. The van der Waals surface area contributed by atoms with E-state index in [-0.39, 0.29) is 0 Å². The quantitative estimate of drug-likeness (QED) is 0.416. The van der Waals surface area contributed by atoms with E-state index in [0.717, 1.165) is 29.7 Å². The van der Waals surface area contributed by atoms with Gasteiger partial charge in [0.05, 0.1) is 11.4 Å². The van der Waals surface area contributed by atoms with E-state index in [0.29, 0.717) is 11.8 Å². The minimum Gasteiger partial charge on any atom is -0.344 e. The predicted molar refractivity (Wildman–Crippen MR) is 128 cm³/mol. The molecule has 3 heteroatoms. The molecule has 1 N–H and O–H groups in total. The van der Waals surface area contributed by atoms with Gasteiger partial charge in [0.1, 0.15) is 5.49 Å². The Morgan fingerprint density at radius 1 is 0.833 bits per heavy atom. The molecule has 0 amide bonds. The maximum atomic E-state index is 5.07. The maximum absolute atomic E-state index is 5.07. The maximum Gasteiger partial charge on any atom is 0.130 e. The number of nitrogens with zero attached hydrogens (tertiary/aromatic N) is 2. The third kappa shape index (κ3) is 5.35. The molecule has 3 aromatic rings. The summed E-state index contributed by atoms with van der Waals surface area (Å²) in [6.45, 7) is 11.1. The number of aromatic nitrogens is 1. The molecule has 156 valence electrons.